The Labute approximate surface area is 129 Å². The Morgan fingerprint density at radius 3 is 2.30 bits per heavy atom. The molecule has 1 heterocycles. The molecule has 0 spiro atoms. The van der Waals surface area contributed by atoms with Gasteiger partial charge >= 0.3 is 0 Å². The highest BCUT2D eigenvalue weighted by atomic mass is 35.5. The first-order valence-electron chi connectivity index (χ1n) is 7.54. The van der Waals surface area contributed by atoms with Crippen LogP contribution in [0.4, 0.5) is 5.82 Å². The Morgan fingerprint density at radius 1 is 1.10 bits per heavy atom. The molecule has 4 bridgehead atoms. The number of rotatable bonds is 3. The topological polar surface area (TPSA) is 37.8 Å². The molecule has 1 N–H and O–H groups in total. The molecule has 1 aromatic heterocycles. The second-order valence-corrected chi connectivity index (χ2v) is 7.85. The second-order valence-electron chi connectivity index (χ2n) is 7.10. The number of anilines is 1. The molecular formula is C15H19Cl2N3. The predicted octanol–water partition coefficient (Wildman–Crippen LogP) is 4.41. The van der Waals surface area contributed by atoms with E-state index >= 15 is 0 Å². The highest BCUT2D eigenvalue weighted by molar-refractivity contribution is 6.32. The van der Waals surface area contributed by atoms with Crippen molar-refractivity contribution in [1.82, 2.24) is 9.97 Å². The SMILES string of the molecule is Clc1cnc(Cl)c(NCC23CC4CC(CC(C4)C2)C3)n1. The summed E-state index contributed by atoms with van der Waals surface area (Å²) in [6.07, 6.45) is 10.0. The number of nitrogens with one attached hydrogen (secondary N) is 1. The second kappa shape index (κ2) is 4.74. The quantitative estimate of drug-likeness (QED) is 0.898. The molecule has 4 aliphatic rings. The fourth-order valence-electron chi connectivity index (χ4n) is 5.24. The van der Waals surface area contributed by atoms with Crippen molar-refractivity contribution in [2.75, 3.05) is 11.9 Å². The summed E-state index contributed by atoms with van der Waals surface area (Å²) in [4.78, 5) is 8.30. The smallest absolute Gasteiger partial charge is 0.171 e. The van der Waals surface area contributed by atoms with Crippen molar-refractivity contribution in [1.29, 1.82) is 0 Å². The van der Waals surface area contributed by atoms with Crippen LogP contribution in [-0.2, 0) is 0 Å². The maximum atomic E-state index is 6.09. The third-order valence-electron chi connectivity index (χ3n) is 5.49. The standard InChI is InChI=1S/C15H19Cl2N3/c16-12-7-18-13(17)14(20-12)19-8-15-4-9-1-10(5-15)3-11(2-9)6-15/h7,9-11H,1-6,8H2,(H,19,20). The molecule has 1 aromatic rings. The molecule has 4 saturated carbocycles. The van der Waals surface area contributed by atoms with Gasteiger partial charge in [0.15, 0.2) is 11.0 Å². The Bertz CT molecular complexity index is 497. The lowest BCUT2D eigenvalue weighted by Crippen LogP contribution is -2.49. The van der Waals surface area contributed by atoms with E-state index in [2.05, 4.69) is 15.3 Å². The van der Waals surface area contributed by atoms with E-state index in [1.165, 1.54) is 44.7 Å². The van der Waals surface area contributed by atoms with E-state index < -0.39 is 0 Å². The van der Waals surface area contributed by atoms with Crippen LogP contribution < -0.4 is 5.32 Å². The molecule has 0 saturated heterocycles. The van der Waals surface area contributed by atoms with Crippen LogP contribution in [-0.4, -0.2) is 16.5 Å². The third-order valence-corrected chi connectivity index (χ3v) is 5.95. The summed E-state index contributed by atoms with van der Waals surface area (Å²) in [5, 5.41) is 4.23. The van der Waals surface area contributed by atoms with Gasteiger partial charge in [0.1, 0.15) is 5.15 Å². The van der Waals surface area contributed by atoms with Crippen LogP contribution in [0.3, 0.4) is 0 Å². The zero-order valence-corrected chi connectivity index (χ0v) is 12.9. The molecule has 4 fully saturated rings. The number of halogens is 2. The number of nitrogens with zero attached hydrogens (tertiary/aromatic N) is 2. The fourth-order valence-corrected chi connectivity index (χ4v) is 5.53. The fraction of sp³-hybridized carbons (Fsp3) is 0.733. The normalized spacial score (nSPS) is 38.2. The Kier molecular flexibility index (Phi) is 3.11. The summed E-state index contributed by atoms with van der Waals surface area (Å²) in [7, 11) is 0. The van der Waals surface area contributed by atoms with E-state index in [0.29, 0.717) is 21.5 Å². The van der Waals surface area contributed by atoms with Gasteiger partial charge in [-0.05, 0) is 61.7 Å². The Morgan fingerprint density at radius 2 is 1.70 bits per heavy atom. The van der Waals surface area contributed by atoms with Gasteiger partial charge in [-0.15, -0.1) is 0 Å². The lowest BCUT2D eigenvalue weighted by atomic mass is 9.49. The van der Waals surface area contributed by atoms with Crippen LogP contribution >= 0.6 is 23.2 Å². The van der Waals surface area contributed by atoms with Gasteiger partial charge in [-0.25, -0.2) is 9.97 Å². The molecular weight excluding hydrogens is 293 g/mol. The van der Waals surface area contributed by atoms with Crippen molar-refractivity contribution in [3.8, 4) is 0 Å². The van der Waals surface area contributed by atoms with Gasteiger partial charge in [-0.3, -0.25) is 0 Å². The first kappa shape index (κ1) is 13.1. The van der Waals surface area contributed by atoms with E-state index in [9.17, 15) is 0 Å². The van der Waals surface area contributed by atoms with Gasteiger partial charge in [0, 0.05) is 6.54 Å². The van der Waals surface area contributed by atoms with Crippen molar-refractivity contribution in [2.24, 2.45) is 23.2 Å². The Hall–Kier alpha value is -0.540. The van der Waals surface area contributed by atoms with E-state index in [1.54, 1.807) is 0 Å². The minimum Gasteiger partial charge on any atom is -0.367 e. The van der Waals surface area contributed by atoms with E-state index in [-0.39, 0.29) is 0 Å². The first-order chi connectivity index (χ1) is 9.62. The molecule has 20 heavy (non-hydrogen) atoms. The van der Waals surface area contributed by atoms with Crippen LogP contribution in [0.25, 0.3) is 0 Å². The van der Waals surface area contributed by atoms with Crippen LogP contribution in [0.15, 0.2) is 6.20 Å². The molecule has 0 atom stereocenters. The predicted molar refractivity (Wildman–Crippen MR) is 81.1 cm³/mol. The summed E-state index contributed by atoms with van der Waals surface area (Å²) in [6.45, 7) is 0.964. The molecule has 0 aromatic carbocycles. The summed E-state index contributed by atoms with van der Waals surface area (Å²) < 4.78 is 0. The summed E-state index contributed by atoms with van der Waals surface area (Å²) in [6, 6.07) is 0. The third kappa shape index (κ3) is 2.29. The summed E-state index contributed by atoms with van der Waals surface area (Å²) in [5.41, 5.74) is 0.460. The molecule has 0 aliphatic heterocycles. The van der Waals surface area contributed by atoms with Crippen molar-refractivity contribution >= 4 is 29.0 Å². The lowest BCUT2D eigenvalue weighted by Gasteiger charge is -2.57. The van der Waals surface area contributed by atoms with Gasteiger partial charge in [0.2, 0.25) is 0 Å². The average Bonchev–Trinajstić information content (AvgIpc) is 2.38. The zero-order valence-electron chi connectivity index (χ0n) is 11.4. The van der Waals surface area contributed by atoms with Gasteiger partial charge < -0.3 is 5.32 Å². The number of aromatic nitrogens is 2. The number of hydrogen-bond acceptors (Lipinski definition) is 3. The molecule has 0 amide bonds. The molecule has 4 aliphatic carbocycles. The minimum absolute atomic E-state index is 0.391. The van der Waals surface area contributed by atoms with Gasteiger partial charge in [0.25, 0.3) is 0 Å². The summed E-state index contributed by atoms with van der Waals surface area (Å²) in [5.74, 6) is 3.52. The molecule has 3 nitrogen and oxygen atoms in total. The van der Waals surface area contributed by atoms with E-state index in [0.717, 1.165) is 24.3 Å². The van der Waals surface area contributed by atoms with Crippen LogP contribution in [0.2, 0.25) is 10.3 Å². The minimum atomic E-state index is 0.391. The van der Waals surface area contributed by atoms with Crippen molar-refractivity contribution < 1.29 is 0 Å². The van der Waals surface area contributed by atoms with E-state index in [4.69, 9.17) is 23.2 Å². The molecule has 0 radical (unpaired) electrons. The zero-order chi connectivity index (χ0) is 13.7. The molecule has 0 unspecified atom stereocenters. The van der Waals surface area contributed by atoms with Gasteiger partial charge in [0.05, 0.1) is 6.20 Å². The highest BCUT2D eigenvalue weighted by Crippen LogP contribution is 2.59. The van der Waals surface area contributed by atoms with E-state index in [1.807, 2.05) is 0 Å². The molecule has 5 rings (SSSR count). The number of hydrogen-bond donors (Lipinski definition) is 1. The van der Waals surface area contributed by atoms with Gasteiger partial charge in [-0.2, -0.15) is 0 Å². The first-order valence-corrected chi connectivity index (χ1v) is 8.29. The molecule has 5 heteroatoms. The van der Waals surface area contributed by atoms with Gasteiger partial charge in [-0.1, -0.05) is 23.2 Å². The maximum Gasteiger partial charge on any atom is 0.171 e. The van der Waals surface area contributed by atoms with Crippen molar-refractivity contribution in [2.45, 2.75) is 38.5 Å². The van der Waals surface area contributed by atoms with Crippen molar-refractivity contribution in [3.63, 3.8) is 0 Å². The lowest BCUT2D eigenvalue weighted by molar-refractivity contribution is -0.0444. The Balaban J connectivity index is 1.50. The maximum absolute atomic E-state index is 6.09. The average molecular weight is 312 g/mol. The van der Waals surface area contributed by atoms with Crippen LogP contribution in [0.1, 0.15) is 38.5 Å². The van der Waals surface area contributed by atoms with Crippen LogP contribution in [0, 0.1) is 23.2 Å². The van der Waals surface area contributed by atoms with Crippen molar-refractivity contribution in [3.05, 3.63) is 16.5 Å². The van der Waals surface area contributed by atoms with Crippen LogP contribution in [0.5, 0.6) is 0 Å². The summed E-state index contributed by atoms with van der Waals surface area (Å²) >= 11 is 12.0. The largest absolute Gasteiger partial charge is 0.367 e. The highest BCUT2D eigenvalue weighted by Gasteiger charge is 2.50. The molecule has 108 valence electrons. The monoisotopic (exact) mass is 311 g/mol.